The van der Waals surface area contributed by atoms with Crippen molar-refractivity contribution in [3.05, 3.63) is 30.2 Å². The molecule has 0 bridgehead atoms. The Kier molecular flexibility index (Phi) is 1.63. The van der Waals surface area contributed by atoms with Crippen molar-refractivity contribution in [1.82, 2.24) is 4.98 Å². The molecule has 0 aliphatic carbocycles. The zero-order chi connectivity index (χ0) is 9.26. The molecule has 0 aliphatic heterocycles. The van der Waals surface area contributed by atoms with Gasteiger partial charge in [-0.3, -0.25) is 0 Å². The zero-order valence-electron chi connectivity index (χ0n) is 6.77. The third-order valence-electron chi connectivity index (χ3n) is 1.65. The molecule has 5 heteroatoms. The molecule has 0 saturated carbocycles. The number of hydrogen-bond acceptors (Lipinski definition) is 4. The van der Waals surface area contributed by atoms with Crippen LogP contribution < -0.4 is 11.6 Å². The minimum atomic E-state index is 0.0937. The Bertz CT molecular complexity index is 427. The van der Waals surface area contributed by atoms with Gasteiger partial charge in [0.15, 0.2) is 5.58 Å². The maximum absolute atomic E-state index is 5.43. The maximum atomic E-state index is 5.43. The normalized spacial score (nSPS) is 12.2. The summed E-state index contributed by atoms with van der Waals surface area (Å²) in [6, 6.07) is 7.35. The highest BCUT2D eigenvalue weighted by molar-refractivity contribution is 5.95. The molecular formula is C8H8N4O. The molecule has 0 unspecified atom stereocenters. The van der Waals surface area contributed by atoms with Gasteiger partial charge in [0.2, 0.25) is 5.84 Å². The minimum Gasteiger partial charge on any atom is -0.434 e. The number of hydrazone groups is 1. The topological polar surface area (TPSA) is 90.4 Å². The lowest BCUT2D eigenvalue weighted by molar-refractivity contribution is 0.588. The Hall–Kier alpha value is -2.04. The first-order chi connectivity index (χ1) is 6.31. The summed E-state index contributed by atoms with van der Waals surface area (Å²) < 4.78 is 5.27. The van der Waals surface area contributed by atoms with Gasteiger partial charge < -0.3 is 16.0 Å². The van der Waals surface area contributed by atoms with Gasteiger partial charge in [0.1, 0.15) is 5.52 Å². The number of amidine groups is 1. The summed E-state index contributed by atoms with van der Waals surface area (Å²) in [4.78, 5) is 4.08. The van der Waals surface area contributed by atoms with Gasteiger partial charge in [-0.2, -0.15) is 5.10 Å². The van der Waals surface area contributed by atoms with Crippen molar-refractivity contribution in [2.75, 3.05) is 0 Å². The van der Waals surface area contributed by atoms with Crippen LogP contribution in [-0.4, -0.2) is 10.8 Å². The molecule has 66 valence electrons. The van der Waals surface area contributed by atoms with Crippen LogP contribution in [0, 0.1) is 0 Å². The van der Waals surface area contributed by atoms with E-state index in [4.69, 9.17) is 16.0 Å². The van der Waals surface area contributed by atoms with E-state index in [-0.39, 0.29) is 11.7 Å². The van der Waals surface area contributed by atoms with Crippen molar-refractivity contribution < 1.29 is 4.42 Å². The Morgan fingerprint density at radius 3 is 2.85 bits per heavy atom. The molecule has 0 aliphatic rings. The first kappa shape index (κ1) is 7.60. The van der Waals surface area contributed by atoms with Gasteiger partial charge in [-0.25, -0.2) is 4.98 Å². The highest BCUT2D eigenvalue weighted by Gasteiger charge is 2.07. The molecule has 1 aromatic heterocycles. The van der Waals surface area contributed by atoms with E-state index in [0.29, 0.717) is 5.58 Å². The summed E-state index contributed by atoms with van der Waals surface area (Å²) in [6.45, 7) is 0. The molecule has 5 nitrogen and oxygen atoms in total. The van der Waals surface area contributed by atoms with Crippen LogP contribution in [0.3, 0.4) is 0 Å². The van der Waals surface area contributed by atoms with Crippen LogP contribution in [0.25, 0.3) is 11.1 Å². The monoisotopic (exact) mass is 176 g/mol. The van der Waals surface area contributed by atoms with E-state index in [1.807, 2.05) is 18.2 Å². The van der Waals surface area contributed by atoms with Crippen molar-refractivity contribution >= 4 is 16.9 Å². The average molecular weight is 176 g/mol. The van der Waals surface area contributed by atoms with E-state index >= 15 is 0 Å². The van der Waals surface area contributed by atoms with Crippen LogP contribution in [0.4, 0.5) is 0 Å². The Labute approximate surface area is 74.0 Å². The minimum absolute atomic E-state index is 0.0937. The SMILES string of the molecule is N/N=C(\N)c1nc2ccccc2o1. The number of oxazole rings is 1. The van der Waals surface area contributed by atoms with E-state index in [9.17, 15) is 0 Å². The Morgan fingerprint density at radius 1 is 1.38 bits per heavy atom. The molecule has 1 aromatic carbocycles. The van der Waals surface area contributed by atoms with Gasteiger partial charge in [-0.1, -0.05) is 12.1 Å². The van der Waals surface area contributed by atoms with Gasteiger partial charge in [0.05, 0.1) is 0 Å². The number of rotatable bonds is 1. The summed E-state index contributed by atoms with van der Waals surface area (Å²) in [6.07, 6.45) is 0. The van der Waals surface area contributed by atoms with Crippen LogP contribution in [0.2, 0.25) is 0 Å². The van der Waals surface area contributed by atoms with E-state index < -0.39 is 0 Å². The average Bonchev–Trinajstić information content (AvgIpc) is 2.59. The summed E-state index contributed by atoms with van der Waals surface area (Å²) in [5.41, 5.74) is 6.84. The molecule has 0 spiro atoms. The summed E-state index contributed by atoms with van der Waals surface area (Å²) in [5.74, 6) is 5.34. The molecule has 0 amide bonds. The fourth-order valence-corrected chi connectivity index (χ4v) is 1.04. The van der Waals surface area contributed by atoms with Crippen LogP contribution in [0.5, 0.6) is 0 Å². The fourth-order valence-electron chi connectivity index (χ4n) is 1.04. The molecule has 4 N–H and O–H groups in total. The molecule has 0 fully saturated rings. The lowest BCUT2D eigenvalue weighted by atomic mass is 10.3. The van der Waals surface area contributed by atoms with E-state index in [1.165, 1.54) is 0 Å². The molecule has 0 saturated heterocycles. The van der Waals surface area contributed by atoms with E-state index in [1.54, 1.807) is 6.07 Å². The number of hydrogen-bond donors (Lipinski definition) is 2. The lowest BCUT2D eigenvalue weighted by Crippen LogP contribution is -2.15. The van der Waals surface area contributed by atoms with Gasteiger partial charge in [-0.05, 0) is 12.1 Å². The highest BCUT2D eigenvalue weighted by atomic mass is 16.3. The molecular weight excluding hydrogens is 168 g/mol. The van der Waals surface area contributed by atoms with Crippen molar-refractivity contribution in [1.29, 1.82) is 0 Å². The standard InChI is InChI=1S/C8H8N4O/c9-7(12-10)8-11-5-3-1-2-4-6(5)13-8/h1-4H,10H2,(H2,9,12). The van der Waals surface area contributed by atoms with Gasteiger partial charge in [0.25, 0.3) is 5.89 Å². The summed E-state index contributed by atoms with van der Waals surface area (Å²) >= 11 is 0. The van der Waals surface area contributed by atoms with Crippen molar-refractivity contribution in [3.63, 3.8) is 0 Å². The third kappa shape index (κ3) is 1.20. The third-order valence-corrected chi connectivity index (χ3v) is 1.65. The maximum Gasteiger partial charge on any atom is 0.265 e. The predicted molar refractivity (Wildman–Crippen MR) is 48.9 cm³/mol. The smallest absolute Gasteiger partial charge is 0.265 e. The zero-order valence-corrected chi connectivity index (χ0v) is 6.77. The van der Waals surface area contributed by atoms with Crippen molar-refractivity contribution in [2.24, 2.45) is 16.7 Å². The van der Waals surface area contributed by atoms with Gasteiger partial charge >= 0.3 is 0 Å². The number of para-hydroxylation sites is 2. The number of benzene rings is 1. The van der Waals surface area contributed by atoms with Crippen LogP contribution in [0.1, 0.15) is 5.89 Å². The van der Waals surface area contributed by atoms with Gasteiger partial charge in [0, 0.05) is 0 Å². The first-order valence-electron chi connectivity index (χ1n) is 3.70. The first-order valence-corrected chi connectivity index (χ1v) is 3.70. The van der Waals surface area contributed by atoms with E-state index in [0.717, 1.165) is 5.52 Å². The fraction of sp³-hybridized carbons (Fsp3) is 0. The summed E-state index contributed by atoms with van der Waals surface area (Å²) in [5, 5.41) is 3.29. The van der Waals surface area contributed by atoms with Crippen LogP contribution in [-0.2, 0) is 0 Å². The quantitative estimate of drug-likeness (QED) is 0.285. The number of aromatic nitrogens is 1. The number of fused-ring (bicyclic) bond motifs is 1. The lowest BCUT2D eigenvalue weighted by Gasteiger charge is -1.87. The molecule has 2 aromatic rings. The number of nitrogens with zero attached hydrogens (tertiary/aromatic N) is 2. The Morgan fingerprint density at radius 2 is 2.15 bits per heavy atom. The molecule has 2 rings (SSSR count). The van der Waals surface area contributed by atoms with Crippen molar-refractivity contribution in [3.8, 4) is 0 Å². The number of nitrogens with two attached hydrogens (primary N) is 2. The van der Waals surface area contributed by atoms with E-state index in [2.05, 4.69) is 10.1 Å². The largest absolute Gasteiger partial charge is 0.434 e. The van der Waals surface area contributed by atoms with Crippen LogP contribution in [0.15, 0.2) is 33.8 Å². The second-order valence-electron chi connectivity index (χ2n) is 2.50. The second-order valence-corrected chi connectivity index (χ2v) is 2.50. The molecule has 0 radical (unpaired) electrons. The predicted octanol–water partition coefficient (Wildman–Crippen LogP) is 0.407. The van der Waals surface area contributed by atoms with Gasteiger partial charge in [-0.15, -0.1) is 0 Å². The molecule has 1 heterocycles. The van der Waals surface area contributed by atoms with Crippen LogP contribution >= 0.6 is 0 Å². The summed E-state index contributed by atoms with van der Waals surface area (Å²) in [7, 11) is 0. The highest BCUT2D eigenvalue weighted by Crippen LogP contribution is 2.13. The molecule has 0 atom stereocenters. The van der Waals surface area contributed by atoms with Crippen molar-refractivity contribution in [2.45, 2.75) is 0 Å². The second kappa shape index (κ2) is 2.78. The Balaban J connectivity index is 2.62. The molecule has 13 heavy (non-hydrogen) atoms.